The molecule has 0 N–H and O–H groups in total. The molecule has 3 fully saturated rings. The van der Waals surface area contributed by atoms with Gasteiger partial charge in [0.1, 0.15) is 12.6 Å². The maximum absolute atomic E-state index is 12.9. The number of carbonyl (C=O) groups is 2. The number of fused-ring (bicyclic) bond motifs is 1. The summed E-state index contributed by atoms with van der Waals surface area (Å²) in [6, 6.07) is -0.573. The van der Waals surface area contributed by atoms with Crippen molar-refractivity contribution in [1.82, 2.24) is 14.8 Å². The molecule has 132 valence electrons. The molecule has 0 unspecified atom stereocenters. The second-order valence-electron chi connectivity index (χ2n) is 6.95. The molecule has 0 aromatic carbocycles. The molecule has 1 aliphatic carbocycles. The summed E-state index contributed by atoms with van der Waals surface area (Å²) in [6.07, 6.45) is 10.2. The van der Waals surface area contributed by atoms with Crippen LogP contribution >= 0.6 is 11.3 Å². The fourth-order valence-electron chi connectivity index (χ4n) is 4.03. The Kier molecular flexibility index (Phi) is 4.34. The summed E-state index contributed by atoms with van der Waals surface area (Å²) >= 11 is 1.61. The van der Waals surface area contributed by atoms with Crippen molar-refractivity contribution >= 4 is 28.3 Å². The summed E-state index contributed by atoms with van der Waals surface area (Å²) in [7, 11) is 0. The van der Waals surface area contributed by atoms with E-state index in [1.54, 1.807) is 21.1 Å². The van der Waals surface area contributed by atoms with Crippen LogP contribution in [0.4, 0.5) is 5.13 Å². The molecule has 0 bridgehead atoms. The number of thiazole rings is 1. The van der Waals surface area contributed by atoms with E-state index < -0.39 is 6.04 Å². The number of aromatic nitrogens is 1. The second kappa shape index (κ2) is 6.64. The van der Waals surface area contributed by atoms with E-state index >= 15 is 0 Å². The minimum absolute atomic E-state index is 0.0728. The van der Waals surface area contributed by atoms with Crippen molar-refractivity contribution in [3.05, 3.63) is 11.1 Å². The van der Waals surface area contributed by atoms with Crippen molar-refractivity contribution in [3.8, 4) is 6.19 Å². The number of amides is 2. The Hall–Kier alpha value is -2.14. The highest BCUT2D eigenvalue weighted by Crippen LogP contribution is 2.38. The summed E-state index contributed by atoms with van der Waals surface area (Å²) < 4.78 is 0. The molecule has 1 aromatic heterocycles. The van der Waals surface area contributed by atoms with Gasteiger partial charge in [-0.15, -0.1) is 11.3 Å². The molecule has 1 atom stereocenters. The number of hydrogen-bond donors (Lipinski definition) is 0. The van der Waals surface area contributed by atoms with Gasteiger partial charge in [-0.2, -0.15) is 5.26 Å². The van der Waals surface area contributed by atoms with Gasteiger partial charge in [0.15, 0.2) is 11.3 Å². The van der Waals surface area contributed by atoms with Gasteiger partial charge in [0.05, 0.1) is 6.54 Å². The average molecular weight is 359 g/mol. The standard InChI is InChI=1S/C17H21N5O2S/c18-11-20-9-13-16(24)22(7-6-21(13)15(23)10-20)17-19-8-14(25-17)12-4-2-1-3-5-12/h8,12-13H,1-7,9-10H2/t13-/m1/s1. The van der Waals surface area contributed by atoms with Crippen molar-refractivity contribution in [2.75, 3.05) is 31.1 Å². The number of carbonyl (C=O) groups excluding carboxylic acids is 2. The van der Waals surface area contributed by atoms with Crippen molar-refractivity contribution in [1.29, 1.82) is 5.26 Å². The Balaban J connectivity index is 1.52. The first-order valence-electron chi connectivity index (χ1n) is 8.88. The van der Waals surface area contributed by atoms with Crippen LogP contribution in [0.3, 0.4) is 0 Å². The zero-order valence-electron chi connectivity index (χ0n) is 14.1. The fourth-order valence-corrected chi connectivity index (χ4v) is 5.15. The normalized spacial score (nSPS) is 25.1. The maximum Gasteiger partial charge on any atom is 0.253 e. The number of nitriles is 1. The molecule has 0 spiro atoms. The van der Waals surface area contributed by atoms with Gasteiger partial charge in [-0.05, 0) is 18.8 Å². The van der Waals surface area contributed by atoms with Crippen molar-refractivity contribution in [2.45, 2.75) is 44.1 Å². The molecule has 3 heterocycles. The highest BCUT2D eigenvalue weighted by atomic mass is 32.1. The molecule has 7 nitrogen and oxygen atoms in total. The summed E-state index contributed by atoms with van der Waals surface area (Å²) in [5.41, 5.74) is 0. The Morgan fingerprint density at radius 2 is 2.00 bits per heavy atom. The van der Waals surface area contributed by atoms with Gasteiger partial charge in [-0.3, -0.25) is 19.4 Å². The lowest BCUT2D eigenvalue weighted by Crippen LogP contribution is -2.66. The zero-order valence-corrected chi connectivity index (χ0v) is 14.9. The largest absolute Gasteiger partial charge is 0.325 e. The summed E-state index contributed by atoms with van der Waals surface area (Å²) in [5, 5.41) is 9.81. The van der Waals surface area contributed by atoms with Gasteiger partial charge < -0.3 is 4.90 Å². The number of piperazine rings is 2. The van der Waals surface area contributed by atoms with Crippen LogP contribution in [-0.2, 0) is 9.59 Å². The Morgan fingerprint density at radius 1 is 1.20 bits per heavy atom. The lowest BCUT2D eigenvalue weighted by atomic mass is 9.89. The zero-order chi connectivity index (χ0) is 17.4. The van der Waals surface area contributed by atoms with E-state index in [2.05, 4.69) is 4.98 Å². The van der Waals surface area contributed by atoms with Crippen molar-refractivity contribution in [2.24, 2.45) is 0 Å². The maximum atomic E-state index is 12.9. The Labute approximate surface area is 150 Å². The lowest BCUT2D eigenvalue weighted by Gasteiger charge is -2.44. The molecule has 8 heteroatoms. The van der Waals surface area contributed by atoms with Gasteiger partial charge in [0.2, 0.25) is 5.91 Å². The summed E-state index contributed by atoms with van der Waals surface area (Å²) in [6.45, 7) is 1.33. The number of nitrogens with zero attached hydrogens (tertiary/aromatic N) is 5. The first kappa shape index (κ1) is 16.3. The lowest BCUT2D eigenvalue weighted by molar-refractivity contribution is -0.146. The second-order valence-corrected chi connectivity index (χ2v) is 7.99. The van der Waals surface area contributed by atoms with Crippen LogP contribution in [0.25, 0.3) is 0 Å². The van der Waals surface area contributed by atoms with E-state index in [0.717, 1.165) is 5.13 Å². The van der Waals surface area contributed by atoms with Gasteiger partial charge in [-0.1, -0.05) is 19.3 Å². The third kappa shape index (κ3) is 2.97. The first-order valence-corrected chi connectivity index (χ1v) is 9.70. The summed E-state index contributed by atoms with van der Waals surface area (Å²) in [5.74, 6) is 0.304. The Bertz CT molecular complexity index is 721. The topological polar surface area (TPSA) is 80.5 Å². The fraction of sp³-hybridized carbons (Fsp3) is 0.647. The SMILES string of the molecule is N#CN1CC(=O)N2CCN(c3ncc(C4CCCCC4)s3)C(=O)[C@H]2C1. The predicted octanol–water partition coefficient (Wildman–Crippen LogP) is 1.53. The molecule has 1 aromatic rings. The molecule has 4 rings (SSSR count). The number of rotatable bonds is 2. The molecule has 1 saturated carbocycles. The van der Waals surface area contributed by atoms with Crippen LogP contribution in [0.1, 0.15) is 42.9 Å². The van der Waals surface area contributed by atoms with Crippen LogP contribution in [0.2, 0.25) is 0 Å². The highest BCUT2D eigenvalue weighted by molar-refractivity contribution is 7.15. The van der Waals surface area contributed by atoms with E-state index in [-0.39, 0.29) is 24.9 Å². The number of hydrogen-bond acceptors (Lipinski definition) is 6. The van der Waals surface area contributed by atoms with Crippen LogP contribution in [0, 0.1) is 11.5 Å². The summed E-state index contributed by atoms with van der Waals surface area (Å²) in [4.78, 5) is 35.5. The monoisotopic (exact) mass is 359 g/mol. The van der Waals surface area contributed by atoms with Crippen LogP contribution < -0.4 is 4.90 Å². The molecular weight excluding hydrogens is 338 g/mol. The van der Waals surface area contributed by atoms with Gasteiger partial charge >= 0.3 is 0 Å². The molecule has 2 saturated heterocycles. The minimum atomic E-state index is -0.573. The predicted molar refractivity (Wildman–Crippen MR) is 93.0 cm³/mol. The Morgan fingerprint density at radius 3 is 2.76 bits per heavy atom. The minimum Gasteiger partial charge on any atom is -0.325 e. The van der Waals surface area contributed by atoms with E-state index in [1.807, 2.05) is 12.4 Å². The van der Waals surface area contributed by atoms with Gasteiger partial charge in [0, 0.05) is 24.2 Å². The average Bonchev–Trinajstić information content (AvgIpc) is 3.13. The highest BCUT2D eigenvalue weighted by Gasteiger charge is 2.43. The molecule has 0 radical (unpaired) electrons. The van der Waals surface area contributed by atoms with Crippen LogP contribution in [0.15, 0.2) is 6.20 Å². The van der Waals surface area contributed by atoms with E-state index in [1.165, 1.54) is 41.9 Å². The van der Waals surface area contributed by atoms with Gasteiger partial charge in [0.25, 0.3) is 5.91 Å². The molecule has 2 amide bonds. The molecule has 2 aliphatic heterocycles. The third-order valence-electron chi connectivity index (χ3n) is 5.42. The quantitative estimate of drug-likeness (QED) is 0.748. The third-order valence-corrected chi connectivity index (χ3v) is 6.61. The van der Waals surface area contributed by atoms with E-state index in [4.69, 9.17) is 5.26 Å². The molecular formula is C17H21N5O2S. The van der Waals surface area contributed by atoms with Crippen molar-refractivity contribution < 1.29 is 9.59 Å². The van der Waals surface area contributed by atoms with Crippen LogP contribution in [-0.4, -0.2) is 58.8 Å². The van der Waals surface area contributed by atoms with Crippen LogP contribution in [0.5, 0.6) is 0 Å². The molecule has 25 heavy (non-hydrogen) atoms. The smallest absolute Gasteiger partial charge is 0.253 e. The van der Waals surface area contributed by atoms with Crippen molar-refractivity contribution in [3.63, 3.8) is 0 Å². The molecule has 3 aliphatic rings. The number of anilines is 1. The van der Waals surface area contributed by atoms with E-state index in [0.29, 0.717) is 19.0 Å². The van der Waals surface area contributed by atoms with Gasteiger partial charge in [-0.25, -0.2) is 4.98 Å². The van der Waals surface area contributed by atoms with E-state index in [9.17, 15) is 9.59 Å². The first-order chi connectivity index (χ1) is 12.2.